The van der Waals surface area contributed by atoms with Crippen LogP contribution in [0.15, 0.2) is 176 Å². The van der Waals surface area contributed by atoms with E-state index in [4.69, 9.17) is 0 Å². The molecule has 0 N–H and O–H groups in total. The topological polar surface area (TPSA) is 33.6 Å². The Labute approximate surface area is 302 Å². The Morgan fingerprint density at radius 3 is 1.46 bits per heavy atom. The van der Waals surface area contributed by atoms with Gasteiger partial charge in [0.05, 0.1) is 33.7 Å². The van der Waals surface area contributed by atoms with Gasteiger partial charge < -0.3 is 9.13 Å². The average molecular weight is 664 g/mol. The SMILES string of the molecule is N#Cc1cccc(-n2c3ccccc3c3cc(-c4ccc5c(c4)c4ccccc4n5-c4ccc(C5=CC=C(c6ccccc6)CC5)cc4)ccc32)c1. The maximum absolute atomic E-state index is 9.59. The summed E-state index contributed by atoms with van der Waals surface area (Å²) in [6.07, 6.45) is 6.68. The van der Waals surface area contributed by atoms with Gasteiger partial charge in [-0.15, -0.1) is 0 Å². The van der Waals surface area contributed by atoms with Crippen LogP contribution in [0.4, 0.5) is 0 Å². The molecular weight excluding hydrogens is 631 g/mol. The average Bonchev–Trinajstić information content (AvgIpc) is 3.73. The second kappa shape index (κ2) is 12.2. The molecule has 0 atom stereocenters. The molecule has 3 nitrogen and oxygen atoms in total. The van der Waals surface area contributed by atoms with Gasteiger partial charge in [0.15, 0.2) is 0 Å². The first-order valence-corrected chi connectivity index (χ1v) is 17.9. The fourth-order valence-electron chi connectivity index (χ4n) is 8.17. The summed E-state index contributed by atoms with van der Waals surface area (Å²) in [5.41, 5.74) is 15.2. The van der Waals surface area contributed by atoms with E-state index in [0.717, 1.165) is 35.2 Å². The number of aromatic nitrogens is 2. The molecule has 0 saturated heterocycles. The van der Waals surface area contributed by atoms with Gasteiger partial charge in [-0.1, -0.05) is 109 Å². The van der Waals surface area contributed by atoms with Crippen molar-refractivity contribution in [3.8, 4) is 28.6 Å². The highest BCUT2D eigenvalue weighted by atomic mass is 15.0. The first-order chi connectivity index (χ1) is 25.7. The second-order valence-corrected chi connectivity index (χ2v) is 13.6. The van der Waals surface area contributed by atoms with E-state index in [2.05, 4.69) is 173 Å². The third-order valence-electron chi connectivity index (χ3n) is 10.7. The Morgan fingerprint density at radius 1 is 0.385 bits per heavy atom. The number of allylic oxidation sites excluding steroid dienone is 4. The van der Waals surface area contributed by atoms with Crippen LogP contribution in [0.3, 0.4) is 0 Å². The van der Waals surface area contributed by atoms with Crippen LogP contribution >= 0.6 is 0 Å². The summed E-state index contributed by atoms with van der Waals surface area (Å²) >= 11 is 0. The van der Waals surface area contributed by atoms with Crippen LogP contribution in [-0.2, 0) is 0 Å². The number of nitriles is 1. The minimum absolute atomic E-state index is 0.653. The monoisotopic (exact) mass is 663 g/mol. The molecule has 2 heterocycles. The summed E-state index contributed by atoms with van der Waals surface area (Å²) in [6.45, 7) is 0. The number of hydrogen-bond donors (Lipinski definition) is 0. The maximum Gasteiger partial charge on any atom is 0.0992 e. The number of nitrogens with zero attached hydrogens (tertiary/aromatic N) is 3. The number of para-hydroxylation sites is 2. The van der Waals surface area contributed by atoms with Crippen molar-refractivity contribution >= 4 is 54.8 Å². The first-order valence-electron chi connectivity index (χ1n) is 17.9. The third-order valence-corrected chi connectivity index (χ3v) is 10.7. The molecule has 0 saturated carbocycles. The van der Waals surface area contributed by atoms with E-state index in [1.807, 2.05) is 18.2 Å². The molecule has 244 valence electrons. The zero-order valence-corrected chi connectivity index (χ0v) is 28.5. The van der Waals surface area contributed by atoms with E-state index < -0.39 is 0 Å². The molecule has 2 aromatic heterocycles. The fraction of sp³-hybridized carbons (Fsp3) is 0.0408. The van der Waals surface area contributed by atoms with Crippen LogP contribution in [0, 0.1) is 11.3 Å². The van der Waals surface area contributed by atoms with Crippen LogP contribution in [-0.4, -0.2) is 9.13 Å². The summed E-state index contributed by atoms with van der Waals surface area (Å²) in [4.78, 5) is 0. The molecule has 9 aromatic rings. The summed E-state index contributed by atoms with van der Waals surface area (Å²) in [5.74, 6) is 0. The Bertz CT molecular complexity index is 2950. The van der Waals surface area contributed by atoms with Gasteiger partial charge in [0.1, 0.15) is 0 Å². The lowest BCUT2D eigenvalue weighted by molar-refractivity contribution is 1.07. The second-order valence-electron chi connectivity index (χ2n) is 13.6. The molecule has 10 rings (SSSR count). The van der Waals surface area contributed by atoms with Gasteiger partial charge in [0, 0.05) is 32.9 Å². The number of benzene rings is 7. The zero-order chi connectivity index (χ0) is 34.6. The lowest BCUT2D eigenvalue weighted by atomic mass is 9.90. The highest BCUT2D eigenvalue weighted by Gasteiger charge is 2.17. The molecule has 1 aliphatic rings. The number of hydrogen-bond acceptors (Lipinski definition) is 1. The van der Waals surface area contributed by atoms with Gasteiger partial charge in [0.25, 0.3) is 0 Å². The first kappa shape index (κ1) is 30.0. The lowest BCUT2D eigenvalue weighted by Gasteiger charge is -2.16. The molecule has 0 spiro atoms. The van der Waals surface area contributed by atoms with E-state index in [1.54, 1.807) is 0 Å². The van der Waals surface area contributed by atoms with Crippen molar-refractivity contribution in [2.45, 2.75) is 12.8 Å². The van der Waals surface area contributed by atoms with Crippen molar-refractivity contribution in [1.82, 2.24) is 9.13 Å². The van der Waals surface area contributed by atoms with E-state index in [0.29, 0.717) is 5.56 Å². The number of fused-ring (bicyclic) bond motifs is 6. The molecule has 0 amide bonds. The van der Waals surface area contributed by atoms with E-state index >= 15 is 0 Å². The zero-order valence-electron chi connectivity index (χ0n) is 28.5. The Balaban J connectivity index is 1.04. The molecule has 0 aliphatic heterocycles. The maximum atomic E-state index is 9.59. The van der Waals surface area contributed by atoms with Gasteiger partial charge in [-0.2, -0.15) is 5.26 Å². The normalized spacial score (nSPS) is 13.1. The molecule has 1 aliphatic carbocycles. The minimum Gasteiger partial charge on any atom is -0.309 e. The predicted octanol–water partition coefficient (Wildman–Crippen LogP) is 12.7. The van der Waals surface area contributed by atoms with E-state index in [1.165, 1.54) is 66.0 Å². The van der Waals surface area contributed by atoms with Gasteiger partial charge in [-0.05, 0) is 113 Å². The van der Waals surface area contributed by atoms with Crippen molar-refractivity contribution in [3.05, 3.63) is 193 Å². The molecule has 0 radical (unpaired) electrons. The lowest BCUT2D eigenvalue weighted by Crippen LogP contribution is -1.96. The van der Waals surface area contributed by atoms with Crippen LogP contribution in [0.25, 0.3) is 77.3 Å². The van der Waals surface area contributed by atoms with Crippen molar-refractivity contribution in [2.24, 2.45) is 0 Å². The summed E-state index contributed by atoms with van der Waals surface area (Å²) in [6, 6.07) is 60.8. The molecule has 0 bridgehead atoms. The van der Waals surface area contributed by atoms with Crippen molar-refractivity contribution < 1.29 is 0 Å². The highest BCUT2D eigenvalue weighted by Crippen LogP contribution is 2.39. The summed E-state index contributed by atoms with van der Waals surface area (Å²) in [7, 11) is 0. The molecule has 3 heteroatoms. The Hall–Kier alpha value is -6.89. The van der Waals surface area contributed by atoms with Crippen LogP contribution < -0.4 is 0 Å². The highest BCUT2D eigenvalue weighted by molar-refractivity contribution is 6.12. The van der Waals surface area contributed by atoms with Crippen LogP contribution in [0.1, 0.15) is 29.5 Å². The van der Waals surface area contributed by atoms with E-state index in [9.17, 15) is 5.26 Å². The van der Waals surface area contributed by atoms with Crippen molar-refractivity contribution in [3.63, 3.8) is 0 Å². The molecule has 0 unspecified atom stereocenters. The third kappa shape index (κ3) is 4.88. The van der Waals surface area contributed by atoms with Gasteiger partial charge in [-0.25, -0.2) is 0 Å². The fourth-order valence-corrected chi connectivity index (χ4v) is 8.17. The minimum atomic E-state index is 0.653. The smallest absolute Gasteiger partial charge is 0.0992 e. The summed E-state index contributed by atoms with van der Waals surface area (Å²) < 4.78 is 4.66. The quantitative estimate of drug-likeness (QED) is 0.180. The Kier molecular flexibility index (Phi) is 7.01. The molecule has 52 heavy (non-hydrogen) atoms. The van der Waals surface area contributed by atoms with Gasteiger partial charge >= 0.3 is 0 Å². The van der Waals surface area contributed by atoms with Gasteiger partial charge in [-0.3, -0.25) is 0 Å². The molecular formula is C49H33N3. The standard InChI is InChI=1S/C49H33N3/c50-32-33-9-8-12-41(29-33)52-47-16-7-5-14-43(47)45-31-39(24-28-49(45)52)38-23-27-48-44(30-38)42-13-4-6-15-46(42)51(48)40-25-21-37(22-26-40)36-19-17-35(18-20-36)34-10-2-1-3-11-34/h1-17,19,21-31H,18,20H2. The largest absolute Gasteiger partial charge is 0.309 e. The predicted molar refractivity (Wildman–Crippen MR) is 217 cm³/mol. The summed E-state index contributed by atoms with van der Waals surface area (Å²) in [5, 5.41) is 14.5. The molecule has 7 aromatic carbocycles. The Morgan fingerprint density at radius 2 is 0.885 bits per heavy atom. The van der Waals surface area contributed by atoms with Crippen LogP contribution in [0.2, 0.25) is 0 Å². The molecule has 0 fully saturated rings. The van der Waals surface area contributed by atoms with Gasteiger partial charge in [0.2, 0.25) is 0 Å². The number of rotatable bonds is 5. The van der Waals surface area contributed by atoms with Crippen LogP contribution in [0.5, 0.6) is 0 Å². The van der Waals surface area contributed by atoms with E-state index in [-0.39, 0.29) is 0 Å². The van der Waals surface area contributed by atoms with Crippen molar-refractivity contribution in [1.29, 1.82) is 5.26 Å². The van der Waals surface area contributed by atoms with Crippen molar-refractivity contribution in [2.75, 3.05) is 0 Å².